The fourth-order valence-electron chi connectivity index (χ4n) is 4.14. The fraction of sp³-hybridized carbons (Fsp3) is 0.333. The summed E-state index contributed by atoms with van der Waals surface area (Å²) in [6.45, 7) is 8.90. The second-order valence-electron chi connectivity index (χ2n) is 8.70. The molecule has 6 heteroatoms. The quantitative estimate of drug-likeness (QED) is 0.626. The summed E-state index contributed by atoms with van der Waals surface area (Å²) in [5.41, 5.74) is 5.49. The highest BCUT2D eigenvalue weighted by atomic mass is 32.2. The summed E-state index contributed by atoms with van der Waals surface area (Å²) in [6, 6.07) is 10.3. The number of fused-ring (bicyclic) bond motifs is 1. The monoisotopic (exact) mass is 423 g/mol. The minimum Gasteiger partial charge on any atom is -0.369 e. The van der Waals surface area contributed by atoms with E-state index in [2.05, 4.69) is 62.1 Å². The van der Waals surface area contributed by atoms with Crippen LogP contribution >= 0.6 is 11.8 Å². The lowest BCUT2D eigenvalue weighted by Crippen LogP contribution is -2.45. The van der Waals surface area contributed by atoms with E-state index in [-0.39, 0.29) is 17.3 Å². The summed E-state index contributed by atoms with van der Waals surface area (Å²) < 4.78 is 13.1. The molecule has 2 aromatic rings. The SMILES string of the molecule is Cc1cc2c(cc1/C=C1\SC(=Nc3ccc(F)cc3)NC1=O)C(C)CC(C)(C)N2C. The molecule has 0 aliphatic carbocycles. The zero-order valence-corrected chi connectivity index (χ0v) is 18.7. The minimum absolute atomic E-state index is 0.117. The summed E-state index contributed by atoms with van der Waals surface area (Å²) in [4.78, 5) is 19.9. The molecular weight excluding hydrogens is 397 g/mol. The molecule has 2 heterocycles. The van der Waals surface area contributed by atoms with Gasteiger partial charge in [-0.1, -0.05) is 6.92 Å². The third kappa shape index (κ3) is 3.88. The molecule has 0 bridgehead atoms. The van der Waals surface area contributed by atoms with E-state index >= 15 is 0 Å². The van der Waals surface area contributed by atoms with Crippen molar-refractivity contribution in [2.45, 2.75) is 45.6 Å². The molecule has 4 rings (SSSR count). The number of thioether (sulfide) groups is 1. The molecule has 0 saturated carbocycles. The third-order valence-electron chi connectivity index (χ3n) is 6.02. The number of carbonyl (C=O) groups is 1. The van der Waals surface area contributed by atoms with E-state index in [4.69, 9.17) is 0 Å². The van der Waals surface area contributed by atoms with Crippen LogP contribution in [0.25, 0.3) is 6.08 Å². The number of anilines is 1. The molecule has 1 fully saturated rings. The van der Waals surface area contributed by atoms with Gasteiger partial charge in [0.15, 0.2) is 5.17 Å². The fourth-order valence-corrected chi connectivity index (χ4v) is 4.98. The summed E-state index contributed by atoms with van der Waals surface area (Å²) in [5.74, 6) is -0.0253. The molecule has 156 valence electrons. The van der Waals surface area contributed by atoms with Crippen molar-refractivity contribution in [2.24, 2.45) is 4.99 Å². The number of halogens is 1. The van der Waals surface area contributed by atoms with Crippen LogP contribution in [0.3, 0.4) is 0 Å². The van der Waals surface area contributed by atoms with Crippen LogP contribution in [-0.2, 0) is 4.79 Å². The van der Waals surface area contributed by atoms with Crippen molar-refractivity contribution in [3.8, 4) is 0 Å². The number of aliphatic imine (C=N–C) groups is 1. The van der Waals surface area contributed by atoms with E-state index in [1.165, 1.54) is 35.1 Å². The minimum atomic E-state index is -0.311. The Morgan fingerprint density at radius 1 is 1.27 bits per heavy atom. The average molecular weight is 424 g/mol. The number of carbonyl (C=O) groups excluding carboxylic acids is 1. The lowest BCUT2D eigenvalue weighted by molar-refractivity contribution is -0.115. The van der Waals surface area contributed by atoms with Crippen LogP contribution in [0, 0.1) is 12.7 Å². The normalized spacial score (nSPS) is 23.1. The first-order chi connectivity index (χ1) is 14.1. The molecule has 2 aromatic carbocycles. The largest absolute Gasteiger partial charge is 0.369 e. The maximum Gasteiger partial charge on any atom is 0.264 e. The van der Waals surface area contributed by atoms with Crippen molar-refractivity contribution in [2.75, 3.05) is 11.9 Å². The number of hydrogen-bond acceptors (Lipinski definition) is 4. The van der Waals surface area contributed by atoms with Crippen LogP contribution in [0.2, 0.25) is 0 Å². The van der Waals surface area contributed by atoms with E-state index < -0.39 is 0 Å². The second kappa shape index (κ2) is 7.58. The van der Waals surface area contributed by atoms with Gasteiger partial charge in [-0.15, -0.1) is 0 Å². The highest BCUT2D eigenvalue weighted by molar-refractivity contribution is 8.18. The van der Waals surface area contributed by atoms with Crippen LogP contribution in [0.1, 0.15) is 49.8 Å². The van der Waals surface area contributed by atoms with E-state index in [1.54, 1.807) is 12.1 Å². The van der Waals surface area contributed by atoms with Gasteiger partial charge in [-0.2, -0.15) is 0 Å². The first kappa shape index (κ1) is 20.7. The van der Waals surface area contributed by atoms with E-state index in [0.29, 0.717) is 21.7 Å². The van der Waals surface area contributed by atoms with E-state index in [1.807, 2.05) is 6.08 Å². The van der Waals surface area contributed by atoms with Gasteiger partial charge in [-0.25, -0.2) is 9.38 Å². The average Bonchev–Trinajstić information content (AvgIpc) is 3.01. The lowest BCUT2D eigenvalue weighted by atomic mass is 9.79. The Labute approximate surface area is 181 Å². The molecule has 1 atom stereocenters. The molecule has 1 amide bonds. The Balaban J connectivity index is 1.64. The topological polar surface area (TPSA) is 44.7 Å². The molecule has 1 unspecified atom stereocenters. The van der Waals surface area contributed by atoms with Crippen LogP contribution in [0.5, 0.6) is 0 Å². The summed E-state index contributed by atoms with van der Waals surface area (Å²) in [6.07, 6.45) is 3.02. The van der Waals surface area contributed by atoms with E-state index in [9.17, 15) is 9.18 Å². The smallest absolute Gasteiger partial charge is 0.264 e. The van der Waals surface area contributed by atoms with Crippen molar-refractivity contribution in [3.05, 3.63) is 63.8 Å². The summed E-state index contributed by atoms with van der Waals surface area (Å²) in [7, 11) is 2.15. The number of amidine groups is 1. The van der Waals surface area contributed by atoms with Crippen LogP contribution in [-0.4, -0.2) is 23.7 Å². The molecule has 30 heavy (non-hydrogen) atoms. The zero-order chi connectivity index (χ0) is 21.6. The molecule has 4 nitrogen and oxygen atoms in total. The molecular formula is C24H26FN3OS. The van der Waals surface area contributed by atoms with Crippen molar-refractivity contribution < 1.29 is 9.18 Å². The number of hydrogen-bond donors (Lipinski definition) is 1. The highest BCUT2D eigenvalue weighted by Crippen LogP contribution is 2.44. The van der Waals surface area contributed by atoms with Gasteiger partial charge in [0.2, 0.25) is 0 Å². The van der Waals surface area contributed by atoms with Gasteiger partial charge in [-0.05, 0) is 104 Å². The number of nitrogens with one attached hydrogen (secondary N) is 1. The maximum absolute atomic E-state index is 13.1. The molecule has 2 aliphatic heterocycles. The van der Waals surface area contributed by atoms with Crippen molar-refractivity contribution in [1.29, 1.82) is 0 Å². The van der Waals surface area contributed by atoms with Crippen LogP contribution in [0.15, 0.2) is 46.3 Å². The van der Waals surface area contributed by atoms with Crippen molar-refractivity contribution in [1.82, 2.24) is 5.32 Å². The Morgan fingerprint density at radius 3 is 2.67 bits per heavy atom. The molecule has 0 spiro atoms. The van der Waals surface area contributed by atoms with Gasteiger partial charge in [0.05, 0.1) is 10.6 Å². The van der Waals surface area contributed by atoms with Crippen molar-refractivity contribution in [3.63, 3.8) is 0 Å². The first-order valence-corrected chi connectivity index (χ1v) is 10.9. The number of benzene rings is 2. The number of rotatable bonds is 2. The number of amides is 1. The molecule has 0 radical (unpaired) electrons. The Kier molecular flexibility index (Phi) is 5.22. The summed E-state index contributed by atoms with van der Waals surface area (Å²) in [5, 5.41) is 3.30. The maximum atomic E-state index is 13.1. The molecule has 1 N–H and O–H groups in total. The molecule has 1 saturated heterocycles. The number of nitrogens with zero attached hydrogens (tertiary/aromatic N) is 2. The Bertz CT molecular complexity index is 1070. The van der Waals surface area contributed by atoms with Gasteiger partial charge >= 0.3 is 0 Å². The zero-order valence-electron chi connectivity index (χ0n) is 17.9. The van der Waals surface area contributed by atoms with Crippen LogP contribution < -0.4 is 10.2 Å². The van der Waals surface area contributed by atoms with Gasteiger partial charge in [0, 0.05) is 18.3 Å². The molecule has 2 aliphatic rings. The summed E-state index contributed by atoms with van der Waals surface area (Å²) >= 11 is 1.31. The Hall–Kier alpha value is -2.60. The third-order valence-corrected chi connectivity index (χ3v) is 6.93. The van der Waals surface area contributed by atoms with Crippen LogP contribution in [0.4, 0.5) is 15.8 Å². The van der Waals surface area contributed by atoms with E-state index in [0.717, 1.165) is 17.5 Å². The predicted molar refractivity (Wildman–Crippen MR) is 124 cm³/mol. The lowest BCUT2D eigenvalue weighted by Gasteiger charge is -2.45. The van der Waals surface area contributed by atoms with Crippen molar-refractivity contribution >= 4 is 40.3 Å². The second-order valence-corrected chi connectivity index (χ2v) is 9.73. The van der Waals surface area contributed by atoms with Gasteiger partial charge in [0.1, 0.15) is 5.82 Å². The predicted octanol–water partition coefficient (Wildman–Crippen LogP) is 5.75. The van der Waals surface area contributed by atoms with Gasteiger partial charge in [0.25, 0.3) is 5.91 Å². The Morgan fingerprint density at radius 2 is 1.97 bits per heavy atom. The number of aryl methyl sites for hydroxylation is 1. The highest BCUT2D eigenvalue weighted by Gasteiger charge is 2.34. The van der Waals surface area contributed by atoms with Gasteiger partial charge < -0.3 is 10.2 Å². The molecule has 0 aromatic heterocycles. The first-order valence-electron chi connectivity index (χ1n) is 10.1. The standard InChI is InChI=1S/C24H26FN3OS/c1-14-10-20-19(15(2)13-24(3,4)28(20)5)11-16(14)12-21-22(29)27-23(30-21)26-18-8-6-17(25)7-9-18/h6-12,15H,13H2,1-5H3,(H,26,27,29)/b21-12-. The van der Waals surface area contributed by atoms with Gasteiger partial charge in [-0.3, -0.25) is 4.79 Å².